The third-order valence-corrected chi connectivity index (χ3v) is 4.95. The van der Waals surface area contributed by atoms with Crippen molar-refractivity contribution in [2.75, 3.05) is 65.6 Å². The van der Waals surface area contributed by atoms with Crippen molar-refractivity contribution in [3.8, 4) is 0 Å². The molecular weight excluding hydrogens is 344 g/mol. The molecule has 2 aliphatic rings. The number of aliphatic hydroxyl groups is 1. The molecule has 2 heterocycles. The van der Waals surface area contributed by atoms with E-state index in [0.717, 1.165) is 25.2 Å². The van der Waals surface area contributed by atoms with Crippen molar-refractivity contribution in [3.63, 3.8) is 0 Å². The zero-order valence-electron chi connectivity index (χ0n) is 14.7. The molecule has 26 heavy (non-hydrogen) atoms. The van der Waals surface area contributed by atoms with Crippen LogP contribution in [0.4, 0.5) is 8.78 Å². The van der Waals surface area contributed by atoms with E-state index in [-0.39, 0.29) is 18.0 Å². The van der Waals surface area contributed by atoms with Crippen LogP contribution in [0.5, 0.6) is 0 Å². The van der Waals surface area contributed by atoms with Gasteiger partial charge >= 0.3 is 0 Å². The SMILES string of the molecule is O=C(CN1CCOCC1)N1CCN(CC(O)c2c(F)cccc2F)CC1. The highest BCUT2D eigenvalue weighted by molar-refractivity contribution is 5.78. The number of carbonyl (C=O) groups excluding carboxylic acids is 1. The van der Waals surface area contributed by atoms with Gasteiger partial charge in [0.15, 0.2) is 0 Å². The average molecular weight is 369 g/mol. The van der Waals surface area contributed by atoms with E-state index in [9.17, 15) is 18.7 Å². The summed E-state index contributed by atoms with van der Waals surface area (Å²) in [7, 11) is 0. The fourth-order valence-electron chi connectivity index (χ4n) is 3.40. The summed E-state index contributed by atoms with van der Waals surface area (Å²) in [6.45, 7) is 5.64. The standard InChI is InChI=1S/C18H25F2N3O3/c19-14-2-1-3-15(20)18(14)16(24)12-21-4-6-23(7-5-21)17(25)13-22-8-10-26-11-9-22/h1-3,16,24H,4-13H2. The highest BCUT2D eigenvalue weighted by Gasteiger charge is 2.26. The lowest BCUT2D eigenvalue weighted by Gasteiger charge is -2.37. The van der Waals surface area contributed by atoms with E-state index in [0.29, 0.717) is 45.9 Å². The lowest BCUT2D eigenvalue weighted by molar-refractivity contribution is -0.135. The van der Waals surface area contributed by atoms with Crippen molar-refractivity contribution in [1.82, 2.24) is 14.7 Å². The first-order valence-corrected chi connectivity index (χ1v) is 8.97. The Labute approximate surface area is 151 Å². The van der Waals surface area contributed by atoms with Gasteiger partial charge in [0.2, 0.25) is 5.91 Å². The minimum absolute atomic E-state index is 0.0900. The number of piperazine rings is 1. The smallest absolute Gasteiger partial charge is 0.236 e. The molecule has 6 nitrogen and oxygen atoms in total. The Balaban J connectivity index is 1.46. The van der Waals surface area contributed by atoms with Crippen molar-refractivity contribution in [2.24, 2.45) is 0 Å². The molecule has 0 radical (unpaired) electrons. The second-order valence-electron chi connectivity index (χ2n) is 6.72. The van der Waals surface area contributed by atoms with Crippen molar-refractivity contribution in [2.45, 2.75) is 6.10 Å². The summed E-state index contributed by atoms with van der Waals surface area (Å²) in [4.78, 5) is 18.2. The predicted octanol–water partition coefficient (Wildman–Crippen LogP) is 0.475. The maximum Gasteiger partial charge on any atom is 0.236 e. The second-order valence-corrected chi connectivity index (χ2v) is 6.72. The van der Waals surface area contributed by atoms with Crippen LogP contribution in [0.15, 0.2) is 18.2 Å². The second kappa shape index (κ2) is 8.85. The van der Waals surface area contributed by atoms with Gasteiger partial charge in [-0.05, 0) is 12.1 Å². The number of nitrogens with zero attached hydrogens (tertiary/aromatic N) is 3. The van der Waals surface area contributed by atoms with Crippen LogP contribution in [0, 0.1) is 11.6 Å². The third-order valence-electron chi connectivity index (χ3n) is 4.95. The van der Waals surface area contributed by atoms with Gasteiger partial charge in [0.25, 0.3) is 0 Å². The number of hydrogen-bond acceptors (Lipinski definition) is 5. The van der Waals surface area contributed by atoms with Gasteiger partial charge in [0, 0.05) is 45.8 Å². The minimum Gasteiger partial charge on any atom is -0.387 e. The molecule has 1 aromatic carbocycles. The molecule has 0 aliphatic carbocycles. The molecule has 0 aromatic heterocycles. The number of amides is 1. The van der Waals surface area contributed by atoms with Gasteiger partial charge in [0.1, 0.15) is 11.6 Å². The van der Waals surface area contributed by atoms with Gasteiger partial charge in [-0.2, -0.15) is 0 Å². The Kier molecular flexibility index (Phi) is 6.53. The molecule has 144 valence electrons. The van der Waals surface area contributed by atoms with E-state index in [1.807, 2.05) is 9.80 Å². The number of ether oxygens (including phenoxy) is 1. The topological polar surface area (TPSA) is 56.2 Å². The van der Waals surface area contributed by atoms with E-state index < -0.39 is 17.7 Å². The molecule has 0 spiro atoms. The normalized spacial score (nSPS) is 21.0. The van der Waals surface area contributed by atoms with Crippen molar-refractivity contribution in [1.29, 1.82) is 0 Å². The lowest BCUT2D eigenvalue weighted by Crippen LogP contribution is -2.52. The fourth-order valence-corrected chi connectivity index (χ4v) is 3.40. The number of carbonyl (C=O) groups is 1. The molecule has 2 saturated heterocycles. The van der Waals surface area contributed by atoms with Crippen LogP contribution < -0.4 is 0 Å². The Morgan fingerprint density at radius 1 is 1.04 bits per heavy atom. The summed E-state index contributed by atoms with van der Waals surface area (Å²) in [6, 6.07) is 3.56. The maximum atomic E-state index is 13.8. The van der Waals surface area contributed by atoms with Gasteiger partial charge < -0.3 is 14.7 Å². The summed E-state index contributed by atoms with van der Waals surface area (Å²) >= 11 is 0. The monoisotopic (exact) mass is 369 g/mol. The van der Waals surface area contributed by atoms with Crippen LogP contribution in [-0.2, 0) is 9.53 Å². The van der Waals surface area contributed by atoms with Crippen molar-refractivity contribution < 1.29 is 23.4 Å². The van der Waals surface area contributed by atoms with Crippen LogP contribution in [0.3, 0.4) is 0 Å². The molecule has 1 amide bonds. The molecule has 8 heteroatoms. The van der Waals surface area contributed by atoms with E-state index >= 15 is 0 Å². The van der Waals surface area contributed by atoms with Crippen molar-refractivity contribution >= 4 is 5.91 Å². The Hall–Kier alpha value is -1.61. The number of rotatable bonds is 5. The summed E-state index contributed by atoms with van der Waals surface area (Å²) in [6.07, 6.45) is -1.23. The van der Waals surface area contributed by atoms with Crippen molar-refractivity contribution in [3.05, 3.63) is 35.4 Å². The number of benzene rings is 1. The third kappa shape index (κ3) is 4.76. The summed E-state index contributed by atoms with van der Waals surface area (Å²) < 4.78 is 32.8. The summed E-state index contributed by atoms with van der Waals surface area (Å²) in [5.74, 6) is -1.39. The van der Waals surface area contributed by atoms with E-state index in [1.54, 1.807) is 0 Å². The lowest BCUT2D eigenvalue weighted by atomic mass is 10.1. The Morgan fingerprint density at radius 3 is 2.27 bits per heavy atom. The van der Waals surface area contributed by atoms with Gasteiger partial charge in [0.05, 0.1) is 31.4 Å². The highest BCUT2D eigenvalue weighted by atomic mass is 19.1. The largest absolute Gasteiger partial charge is 0.387 e. The maximum absolute atomic E-state index is 13.8. The fraction of sp³-hybridized carbons (Fsp3) is 0.611. The van der Waals surface area contributed by atoms with Gasteiger partial charge in [-0.3, -0.25) is 14.6 Å². The zero-order chi connectivity index (χ0) is 18.5. The minimum atomic E-state index is -1.23. The number of hydrogen-bond donors (Lipinski definition) is 1. The zero-order valence-corrected chi connectivity index (χ0v) is 14.7. The van der Waals surface area contributed by atoms with Gasteiger partial charge in [-0.25, -0.2) is 8.78 Å². The predicted molar refractivity (Wildman–Crippen MR) is 91.6 cm³/mol. The van der Waals surface area contributed by atoms with Gasteiger partial charge in [-0.1, -0.05) is 6.07 Å². The first kappa shape index (κ1) is 19.2. The van der Waals surface area contributed by atoms with E-state index in [2.05, 4.69) is 4.90 Å². The number of aliphatic hydroxyl groups excluding tert-OH is 1. The van der Waals surface area contributed by atoms with E-state index in [4.69, 9.17) is 4.74 Å². The molecule has 0 bridgehead atoms. The van der Waals surface area contributed by atoms with Crippen LogP contribution in [0.1, 0.15) is 11.7 Å². The Bertz CT molecular complexity index is 597. The number of halogens is 2. The molecule has 0 saturated carbocycles. The highest BCUT2D eigenvalue weighted by Crippen LogP contribution is 2.22. The number of morpholine rings is 1. The molecule has 3 rings (SSSR count). The molecule has 2 aliphatic heterocycles. The average Bonchev–Trinajstić information content (AvgIpc) is 2.63. The van der Waals surface area contributed by atoms with E-state index in [1.165, 1.54) is 6.07 Å². The van der Waals surface area contributed by atoms with Crippen LogP contribution in [-0.4, -0.2) is 91.3 Å². The van der Waals surface area contributed by atoms with Gasteiger partial charge in [-0.15, -0.1) is 0 Å². The molecule has 1 N–H and O–H groups in total. The molecular formula is C18H25F2N3O3. The molecule has 2 fully saturated rings. The van der Waals surface area contributed by atoms with Crippen LogP contribution in [0.25, 0.3) is 0 Å². The summed E-state index contributed by atoms with van der Waals surface area (Å²) in [5, 5.41) is 10.2. The molecule has 1 unspecified atom stereocenters. The summed E-state index contributed by atoms with van der Waals surface area (Å²) in [5.41, 5.74) is -0.293. The van der Waals surface area contributed by atoms with Crippen LogP contribution in [0.2, 0.25) is 0 Å². The van der Waals surface area contributed by atoms with Crippen LogP contribution >= 0.6 is 0 Å². The quantitative estimate of drug-likeness (QED) is 0.818. The Morgan fingerprint density at radius 2 is 1.65 bits per heavy atom. The first-order chi connectivity index (χ1) is 12.5. The first-order valence-electron chi connectivity index (χ1n) is 8.97. The molecule has 1 atom stereocenters. The number of β-amino-alcohol motifs (C(OH)–C–C–N with tert-alkyl or cyclic N) is 1. The molecule has 1 aromatic rings.